The van der Waals surface area contributed by atoms with Crippen LogP contribution in [0.2, 0.25) is 0 Å². The lowest BCUT2D eigenvalue weighted by Crippen LogP contribution is -2.28. The van der Waals surface area contributed by atoms with E-state index in [1.54, 1.807) is 48.9 Å². The Morgan fingerprint density at radius 2 is 1.77 bits per heavy atom. The van der Waals surface area contributed by atoms with Crippen molar-refractivity contribution >= 4 is 33.0 Å². The molecule has 1 aromatic heterocycles. The molecule has 0 saturated heterocycles. The molecule has 8 heteroatoms. The Kier molecular flexibility index (Phi) is 6.79. The van der Waals surface area contributed by atoms with E-state index in [4.69, 9.17) is 4.74 Å². The molecule has 1 N–H and O–H groups in total. The SMILES string of the molecule is CC[C@@H](NC(=O)c1ccc(N(C)S(=O)(=O)c2cccs2)cc1)c1ccc(OC)cc1. The molecule has 6 nitrogen and oxygen atoms in total. The minimum absolute atomic E-state index is 0.134. The molecule has 0 saturated carbocycles. The van der Waals surface area contributed by atoms with Crippen molar-refractivity contribution in [1.82, 2.24) is 5.32 Å². The minimum atomic E-state index is -3.61. The highest BCUT2D eigenvalue weighted by Crippen LogP contribution is 2.26. The first kappa shape index (κ1) is 21.9. The van der Waals surface area contributed by atoms with Gasteiger partial charge in [-0.2, -0.15) is 0 Å². The highest BCUT2D eigenvalue weighted by Gasteiger charge is 2.22. The van der Waals surface area contributed by atoms with E-state index in [-0.39, 0.29) is 16.2 Å². The molecule has 0 unspecified atom stereocenters. The lowest BCUT2D eigenvalue weighted by atomic mass is 10.0. The summed E-state index contributed by atoms with van der Waals surface area (Å²) in [6.07, 6.45) is 0.734. The molecule has 1 amide bonds. The summed E-state index contributed by atoms with van der Waals surface area (Å²) in [7, 11) is -0.493. The van der Waals surface area contributed by atoms with Gasteiger partial charge < -0.3 is 10.1 Å². The number of hydrogen-bond donors (Lipinski definition) is 1. The van der Waals surface area contributed by atoms with Crippen molar-refractivity contribution in [2.24, 2.45) is 0 Å². The minimum Gasteiger partial charge on any atom is -0.497 e. The number of amides is 1. The maximum absolute atomic E-state index is 12.7. The van der Waals surface area contributed by atoms with E-state index < -0.39 is 10.0 Å². The number of methoxy groups -OCH3 is 1. The second kappa shape index (κ2) is 9.32. The normalized spacial score (nSPS) is 12.2. The highest BCUT2D eigenvalue weighted by molar-refractivity contribution is 7.94. The molecule has 0 radical (unpaired) electrons. The van der Waals surface area contributed by atoms with Crippen molar-refractivity contribution in [3.05, 3.63) is 77.2 Å². The molecule has 0 spiro atoms. The summed E-state index contributed by atoms with van der Waals surface area (Å²) in [5.41, 5.74) is 1.94. The topological polar surface area (TPSA) is 75.7 Å². The summed E-state index contributed by atoms with van der Waals surface area (Å²) in [5.74, 6) is 0.546. The number of rotatable bonds is 8. The first-order valence-corrected chi connectivity index (χ1v) is 11.8. The van der Waals surface area contributed by atoms with Crippen molar-refractivity contribution in [3.8, 4) is 5.75 Å². The molecule has 3 aromatic rings. The zero-order valence-electron chi connectivity index (χ0n) is 17.0. The van der Waals surface area contributed by atoms with Crippen molar-refractivity contribution in [1.29, 1.82) is 0 Å². The molecular weight excluding hydrogens is 420 g/mol. The Morgan fingerprint density at radius 1 is 1.10 bits per heavy atom. The van der Waals surface area contributed by atoms with Gasteiger partial charge in [0.15, 0.2) is 0 Å². The predicted molar refractivity (Wildman–Crippen MR) is 120 cm³/mol. The zero-order valence-corrected chi connectivity index (χ0v) is 18.7. The number of hydrogen-bond acceptors (Lipinski definition) is 5. The maximum Gasteiger partial charge on any atom is 0.273 e. The van der Waals surface area contributed by atoms with Crippen molar-refractivity contribution in [2.45, 2.75) is 23.6 Å². The number of benzene rings is 2. The average Bonchev–Trinajstić information content (AvgIpc) is 3.33. The third-order valence-electron chi connectivity index (χ3n) is 4.83. The number of ether oxygens (including phenoxy) is 1. The molecule has 30 heavy (non-hydrogen) atoms. The van der Waals surface area contributed by atoms with Crippen LogP contribution in [0.3, 0.4) is 0 Å². The van der Waals surface area contributed by atoms with Crippen molar-refractivity contribution < 1.29 is 17.9 Å². The van der Waals surface area contributed by atoms with Gasteiger partial charge in [0, 0.05) is 12.6 Å². The van der Waals surface area contributed by atoms with E-state index in [1.165, 1.54) is 22.7 Å². The molecule has 158 valence electrons. The molecular formula is C22H24N2O4S2. The third-order valence-corrected chi connectivity index (χ3v) is 7.99. The van der Waals surface area contributed by atoms with Crippen LogP contribution in [0.1, 0.15) is 35.3 Å². The molecule has 0 aliphatic heterocycles. The van der Waals surface area contributed by atoms with Gasteiger partial charge in [0.1, 0.15) is 9.96 Å². The Hall–Kier alpha value is -2.84. The number of thiophene rings is 1. The van der Waals surface area contributed by atoms with Crippen LogP contribution >= 0.6 is 11.3 Å². The van der Waals surface area contributed by atoms with Crippen LogP contribution in [-0.2, 0) is 10.0 Å². The lowest BCUT2D eigenvalue weighted by molar-refractivity contribution is 0.0935. The van der Waals surface area contributed by atoms with E-state index in [9.17, 15) is 13.2 Å². The monoisotopic (exact) mass is 444 g/mol. The van der Waals surface area contributed by atoms with E-state index in [2.05, 4.69) is 5.32 Å². The standard InChI is InChI=1S/C22H24N2O4S2/c1-4-20(16-9-13-19(28-3)14-10-16)23-22(25)17-7-11-18(12-8-17)24(2)30(26,27)21-6-5-15-29-21/h5-15,20H,4H2,1-3H3,(H,23,25)/t20-/m1/s1. The average molecular weight is 445 g/mol. The fourth-order valence-corrected chi connectivity index (χ4v) is 5.36. The van der Waals surface area contributed by atoms with Gasteiger partial charge >= 0.3 is 0 Å². The van der Waals surface area contributed by atoms with Crippen molar-refractivity contribution in [2.75, 3.05) is 18.5 Å². The van der Waals surface area contributed by atoms with Crippen LogP contribution in [0, 0.1) is 0 Å². The summed E-state index contributed by atoms with van der Waals surface area (Å²) in [5, 5.41) is 4.75. The zero-order chi connectivity index (χ0) is 21.7. The van der Waals surface area contributed by atoms with Crippen LogP contribution in [0.5, 0.6) is 5.75 Å². The number of nitrogens with one attached hydrogen (secondary N) is 1. The Morgan fingerprint density at radius 3 is 2.30 bits per heavy atom. The fourth-order valence-electron chi connectivity index (χ4n) is 3.01. The van der Waals surface area contributed by atoms with Crippen LogP contribution in [-0.4, -0.2) is 28.5 Å². The third kappa shape index (κ3) is 4.66. The van der Waals surface area contributed by atoms with Gasteiger partial charge in [0.25, 0.3) is 15.9 Å². The summed E-state index contributed by atoms with van der Waals surface area (Å²) in [4.78, 5) is 12.7. The second-order valence-electron chi connectivity index (χ2n) is 6.66. The fraction of sp³-hybridized carbons (Fsp3) is 0.227. The highest BCUT2D eigenvalue weighted by atomic mass is 32.2. The first-order valence-electron chi connectivity index (χ1n) is 9.44. The van der Waals surface area contributed by atoms with Gasteiger partial charge in [0.2, 0.25) is 0 Å². The quantitative estimate of drug-likeness (QED) is 0.556. The predicted octanol–water partition coefficient (Wildman–Crippen LogP) is 4.46. The number of sulfonamides is 1. The van der Waals surface area contributed by atoms with E-state index >= 15 is 0 Å². The van der Waals surface area contributed by atoms with Gasteiger partial charge in [-0.15, -0.1) is 11.3 Å². The second-order valence-corrected chi connectivity index (χ2v) is 9.80. The Bertz CT molecular complexity index is 1080. The molecule has 0 aliphatic rings. The van der Waals surface area contributed by atoms with Gasteiger partial charge in [-0.3, -0.25) is 9.10 Å². The molecule has 1 atom stereocenters. The molecule has 0 aliphatic carbocycles. The van der Waals surface area contributed by atoms with E-state index in [0.29, 0.717) is 11.3 Å². The molecule has 0 fully saturated rings. The summed E-state index contributed by atoms with van der Waals surface area (Å²) in [6.45, 7) is 2.00. The van der Waals surface area contributed by atoms with Crippen LogP contribution in [0.25, 0.3) is 0 Å². The van der Waals surface area contributed by atoms with Crippen LogP contribution in [0.4, 0.5) is 5.69 Å². The summed E-state index contributed by atoms with van der Waals surface area (Å²) in [6, 6.07) is 17.3. The summed E-state index contributed by atoms with van der Waals surface area (Å²) >= 11 is 1.17. The first-order chi connectivity index (χ1) is 14.4. The molecule has 1 heterocycles. The van der Waals surface area contributed by atoms with Crippen molar-refractivity contribution in [3.63, 3.8) is 0 Å². The number of carbonyl (C=O) groups excluding carboxylic acids is 1. The number of nitrogens with zero attached hydrogens (tertiary/aromatic N) is 1. The summed E-state index contributed by atoms with van der Waals surface area (Å²) < 4.78 is 32.0. The molecule has 0 bridgehead atoms. The van der Waals surface area contributed by atoms with Gasteiger partial charge in [-0.25, -0.2) is 8.42 Å². The van der Waals surface area contributed by atoms with E-state index in [0.717, 1.165) is 17.7 Å². The van der Waals surface area contributed by atoms with Crippen LogP contribution in [0.15, 0.2) is 70.3 Å². The van der Waals surface area contributed by atoms with Gasteiger partial charge in [0.05, 0.1) is 18.8 Å². The van der Waals surface area contributed by atoms with E-state index in [1.807, 2.05) is 31.2 Å². The largest absolute Gasteiger partial charge is 0.497 e. The van der Waals surface area contributed by atoms with Crippen LogP contribution < -0.4 is 14.4 Å². The Balaban J connectivity index is 1.72. The van der Waals surface area contributed by atoms with Gasteiger partial charge in [-0.05, 0) is 59.8 Å². The molecule has 3 rings (SSSR count). The lowest BCUT2D eigenvalue weighted by Gasteiger charge is -2.20. The smallest absolute Gasteiger partial charge is 0.273 e. The van der Waals surface area contributed by atoms with Gasteiger partial charge in [-0.1, -0.05) is 25.1 Å². The molecule has 2 aromatic carbocycles. The number of anilines is 1. The number of carbonyl (C=O) groups is 1. The Labute approximate surface area is 181 Å². The maximum atomic E-state index is 12.7.